The van der Waals surface area contributed by atoms with E-state index >= 15 is 0 Å². The van der Waals surface area contributed by atoms with Gasteiger partial charge in [-0.1, -0.05) is 60.7 Å². The number of benzene rings is 4. The van der Waals surface area contributed by atoms with E-state index in [-0.39, 0.29) is 13.2 Å². The van der Waals surface area contributed by atoms with Crippen molar-refractivity contribution in [2.24, 2.45) is 0 Å². The topological polar surface area (TPSA) is 52.6 Å². The number of ether oxygens (including phenoxy) is 2. The highest BCUT2D eigenvalue weighted by Crippen LogP contribution is 2.17. The van der Waals surface area contributed by atoms with Crippen LogP contribution in [0.5, 0.6) is 0 Å². The van der Waals surface area contributed by atoms with E-state index in [2.05, 4.69) is 0 Å². The smallest absolute Gasteiger partial charge is 0.338 e. The molecule has 0 spiro atoms. The molecule has 0 aliphatic carbocycles. The third-order valence-corrected chi connectivity index (χ3v) is 4.52. The number of carbonyl (C=O) groups is 2. The number of hydrogen-bond donors (Lipinski definition) is 0. The zero-order chi connectivity index (χ0) is 19.3. The fourth-order valence-corrected chi connectivity index (χ4v) is 3.07. The van der Waals surface area contributed by atoms with Crippen molar-refractivity contribution in [3.8, 4) is 0 Å². The molecule has 4 nitrogen and oxygen atoms in total. The normalized spacial score (nSPS) is 10.7. The van der Waals surface area contributed by atoms with Crippen molar-refractivity contribution in [1.29, 1.82) is 0 Å². The predicted octanol–water partition coefficient (Wildman–Crippen LogP) is 5.01. The molecule has 0 unspecified atom stereocenters. The average molecular weight is 370 g/mol. The molecular weight excluding hydrogens is 352 g/mol. The van der Waals surface area contributed by atoms with E-state index < -0.39 is 11.9 Å². The van der Waals surface area contributed by atoms with Crippen LogP contribution in [0.1, 0.15) is 20.7 Å². The summed E-state index contributed by atoms with van der Waals surface area (Å²) in [5, 5.41) is 4.06. The molecule has 0 aliphatic rings. The second-order valence-electron chi connectivity index (χ2n) is 6.40. The van der Waals surface area contributed by atoms with Gasteiger partial charge in [-0.05, 0) is 45.8 Å². The van der Waals surface area contributed by atoms with Gasteiger partial charge in [-0.2, -0.15) is 0 Å². The molecule has 4 aromatic carbocycles. The van der Waals surface area contributed by atoms with Gasteiger partial charge in [0, 0.05) is 0 Å². The lowest BCUT2D eigenvalue weighted by Gasteiger charge is -2.08. The number of carbonyl (C=O) groups excluding carboxylic acids is 2. The molecular formula is C24H18O4. The summed E-state index contributed by atoms with van der Waals surface area (Å²) in [7, 11) is 0. The molecule has 0 fully saturated rings. The largest absolute Gasteiger partial charge is 0.458 e. The van der Waals surface area contributed by atoms with Gasteiger partial charge in [0.05, 0.1) is 11.1 Å². The van der Waals surface area contributed by atoms with Crippen molar-refractivity contribution in [3.05, 3.63) is 96.1 Å². The van der Waals surface area contributed by atoms with Gasteiger partial charge < -0.3 is 9.47 Å². The first-order chi connectivity index (χ1) is 13.7. The second-order valence-corrected chi connectivity index (χ2v) is 6.40. The quantitative estimate of drug-likeness (QED) is 0.366. The van der Waals surface area contributed by atoms with Crippen molar-refractivity contribution < 1.29 is 19.1 Å². The molecule has 28 heavy (non-hydrogen) atoms. The summed E-state index contributed by atoms with van der Waals surface area (Å²) in [6, 6.07) is 26.4. The minimum Gasteiger partial charge on any atom is -0.458 e. The Morgan fingerprint density at radius 2 is 0.929 bits per heavy atom. The van der Waals surface area contributed by atoms with Crippen LogP contribution in [0, 0.1) is 0 Å². The monoisotopic (exact) mass is 370 g/mol. The molecule has 4 aromatic rings. The Balaban J connectivity index is 1.31. The van der Waals surface area contributed by atoms with Gasteiger partial charge in [-0.25, -0.2) is 9.59 Å². The van der Waals surface area contributed by atoms with Crippen LogP contribution in [0.2, 0.25) is 0 Å². The highest BCUT2D eigenvalue weighted by molar-refractivity contribution is 5.96. The first kappa shape index (κ1) is 17.7. The molecule has 0 aromatic heterocycles. The summed E-state index contributed by atoms with van der Waals surface area (Å²) in [5.74, 6) is -0.875. The van der Waals surface area contributed by atoms with Crippen molar-refractivity contribution in [2.45, 2.75) is 0 Å². The molecule has 0 amide bonds. The second kappa shape index (κ2) is 7.92. The summed E-state index contributed by atoms with van der Waals surface area (Å²) in [6.07, 6.45) is 0. The fraction of sp³-hybridized carbons (Fsp3) is 0.0833. The maximum absolute atomic E-state index is 12.2. The van der Waals surface area contributed by atoms with Crippen molar-refractivity contribution in [1.82, 2.24) is 0 Å². The Bertz CT molecular complexity index is 1070. The molecule has 138 valence electrons. The van der Waals surface area contributed by atoms with Crippen molar-refractivity contribution >= 4 is 33.5 Å². The summed E-state index contributed by atoms with van der Waals surface area (Å²) in [6.45, 7) is 0.00988. The molecule has 0 atom stereocenters. The van der Waals surface area contributed by atoms with E-state index in [1.807, 2.05) is 60.7 Å². The van der Waals surface area contributed by atoms with Crippen LogP contribution in [0.4, 0.5) is 0 Å². The SMILES string of the molecule is O=C(OCCOC(=O)c1ccc2ccccc2c1)c1ccc2ccccc2c1. The minimum absolute atomic E-state index is 0.00494. The fourth-order valence-electron chi connectivity index (χ4n) is 3.07. The molecule has 0 heterocycles. The number of hydrogen-bond acceptors (Lipinski definition) is 4. The van der Waals surface area contributed by atoms with Crippen LogP contribution in [0.15, 0.2) is 84.9 Å². The van der Waals surface area contributed by atoms with Crippen LogP contribution in [0.25, 0.3) is 21.5 Å². The summed E-state index contributed by atoms with van der Waals surface area (Å²) in [4.78, 5) is 24.4. The zero-order valence-electron chi connectivity index (χ0n) is 15.1. The Kier molecular flexibility index (Phi) is 5.02. The Morgan fingerprint density at radius 1 is 0.536 bits per heavy atom. The van der Waals surface area contributed by atoms with Gasteiger partial charge in [0.1, 0.15) is 13.2 Å². The summed E-state index contributed by atoms with van der Waals surface area (Å²) < 4.78 is 10.4. The van der Waals surface area contributed by atoms with Gasteiger partial charge in [0.25, 0.3) is 0 Å². The van der Waals surface area contributed by atoms with E-state index in [9.17, 15) is 9.59 Å². The first-order valence-electron chi connectivity index (χ1n) is 9.02. The number of rotatable bonds is 5. The standard InChI is InChI=1S/C24H18O4/c25-23(21-11-9-17-5-1-3-7-19(17)15-21)27-13-14-28-24(26)22-12-10-18-6-2-4-8-20(18)16-22/h1-12,15-16H,13-14H2. The average Bonchev–Trinajstić information content (AvgIpc) is 2.75. The molecule has 4 rings (SSSR count). The van der Waals surface area contributed by atoms with E-state index in [4.69, 9.17) is 9.47 Å². The molecule has 0 saturated heterocycles. The Morgan fingerprint density at radius 3 is 1.36 bits per heavy atom. The van der Waals surface area contributed by atoms with Crippen molar-refractivity contribution in [3.63, 3.8) is 0 Å². The van der Waals surface area contributed by atoms with E-state index in [1.54, 1.807) is 24.3 Å². The molecule has 0 radical (unpaired) electrons. The lowest BCUT2D eigenvalue weighted by molar-refractivity contribution is 0.0266. The number of fused-ring (bicyclic) bond motifs is 2. The molecule has 4 heteroatoms. The van der Waals surface area contributed by atoms with Crippen LogP contribution in [-0.2, 0) is 9.47 Å². The summed E-state index contributed by atoms with van der Waals surface area (Å²) >= 11 is 0. The first-order valence-corrected chi connectivity index (χ1v) is 9.02. The third kappa shape index (κ3) is 3.86. The van der Waals surface area contributed by atoms with Gasteiger partial charge in [-0.3, -0.25) is 0 Å². The van der Waals surface area contributed by atoms with Crippen LogP contribution in [0.3, 0.4) is 0 Å². The van der Waals surface area contributed by atoms with Crippen LogP contribution < -0.4 is 0 Å². The Hall–Kier alpha value is -3.66. The summed E-state index contributed by atoms with van der Waals surface area (Å²) in [5.41, 5.74) is 0.944. The molecule has 0 aliphatic heterocycles. The number of esters is 2. The highest BCUT2D eigenvalue weighted by atomic mass is 16.6. The van der Waals surface area contributed by atoms with Gasteiger partial charge in [-0.15, -0.1) is 0 Å². The molecule has 0 bridgehead atoms. The molecule has 0 N–H and O–H groups in total. The van der Waals surface area contributed by atoms with E-state index in [0.29, 0.717) is 11.1 Å². The molecule has 0 saturated carbocycles. The highest BCUT2D eigenvalue weighted by Gasteiger charge is 2.10. The van der Waals surface area contributed by atoms with E-state index in [0.717, 1.165) is 21.5 Å². The van der Waals surface area contributed by atoms with Crippen molar-refractivity contribution in [2.75, 3.05) is 13.2 Å². The predicted molar refractivity (Wildman–Crippen MR) is 108 cm³/mol. The maximum atomic E-state index is 12.2. The lowest BCUT2D eigenvalue weighted by atomic mass is 10.1. The zero-order valence-corrected chi connectivity index (χ0v) is 15.1. The van der Waals surface area contributed by atoms with Gasteiger partial charge in [0.15, 0.2) is 0 Å². The maximum Gasteiger partial charge on any atom is 0.338 e. The lowest BCUT2D eigenvalue weighted by Crippen LogP contribution is -2.14. The van der Waals surface area contributed by atoms with Crippen LogP contribution in [-0.4, -0.2) is 25.2 Å². The van der Waals surface area contributed by atoms with E-state index in [1.165, 1.54) is 0 Å². The van der Waals surface area contributed by atoms with Gasteiger partial charge >= 0.3 is 11.9 Å². The Labute approximate surface area is 162 Å². The van der Waals surface area contributed by atoms with Crippen LogP contribution >= 0.6 is 0 Å². The third-order valence-electron chi connectivity index (χ3n) is 4.52. The minimum atomic E-state index is -0.437. The van der Waals surface area contributed by atoms with Gasteiger partial charge in [0.2, 0.25) is 0 Å².